The normalized spacial score (nSPS) is 12.4. The second kappa shape index (κ2) is 9.64. The molecule has 32 heavy (non-hydrogen) atoms. The molecule has 0 aliphatic carbocycles. The molecule has 0 bridgehead atoms. The van der Waals surface area contributed by atoms with E-state index < -0.39 is 35.2 Å². The molecule has 0 saturated heterocycles. The molecule has 3 rings (SSSR count). The number of fused-ring (bicyclic) bond motifs is 1. The molecule has 0 spiro atoms. The third kappa shape index (κ3) is 5.07. The van der Waals surface area contributed by atoms with Crippen molar-refractivity contribution in [2.24, 2.45) is 0 Å². The Hall–Kier alpha value is -3.01. The maximum Gasteiger partial charge on any atom is 0.453 e. The van der Waals surface area contributed by atoms with Gasteiger partial charge >= 0.3 is 12.1 Å². The lowest BCUT2D eigenvalue weighted by atomic mass is 10.2. The number of rotatable bonds is 7. The lowest BCUT2D eigenvalue weighted by Crippen LogP contribution is -2.28. The van der Waals surface area contributed by atoms with Crippen LogP contribution in [-0.2, 0) is 15.7 Å². The fraction of sp³-hybridized carbons (Fsp3) is 0.273. The van der Waals surface area contributed by atoms with Gasteiger partial charge in [-0.25, -0.2) is 4.79 Å². The molecule has 1 heterocycles. The van der Waals surface area contributed by atoms with Gasteiger partial charge in [0, 0.05) is 6.07 Å². The molecule has 6 nitrogen and oxygen atoms in total. The number of hydrogen-bond acceptors (Lipinski definition) is 6. The van der Waals surface area contributed by atoms with Crippen molar-refractivity contribution >= 4 is 32.9 Å². The van der Waals surface area contributed by atoms with Crippen LogP contribution in [0.3, 0.4) is 0 Å². The molecule has 2 aromatic carbocycles. The van der Waals surface area contributed by atoms with E-state index in [1.54, 1.807) is 32.0 Å². The minimum atomic E-state index is -5.00. The van der Waals surface area contributed by atoms with Crippen LogP contribution in [0.15, 0.2) is 56.1 Å². The number of hydrogen-bond donors (Lipinski definition) is 0. The Bertz CT molecular complexity index is 1190. The van der Waals surface area contributed by atoms with E-state index in [1.807, 2.05) is 0 Å². The summed E-state index contributed by atoms with van der Waals surface area (Å²) in [5, 5.41) is -0.142. The van der Waals surface area contributed by atoms with E-state index in [1.165, 1.54) is 18.2 Å². The number of ether oxygens (including phenoxy) is 3. The van der Waals surface area contributed by atoms with Crippen molar-refractivity contribution in [1.29, 1.82) is 0 Å². The highest BCUT2D eigenvalue weighted by Gasteiger charge is 2.40. The highest BCUT2D eigenvalue weighted by Crippen LogP contribution is 2.40. The molecule has 0 saturated carbocycles. The first kappa shape index (κ1) is 23.6. The zero-order valence-corrected chi connectivity index (χ0v) is 18.6. The number of alkyl halides is 3. The van der Waals surface area contributed by atoms with E-state index in [4.69, 9.17) is 18.6 Å². The van der Waals surface area contributed by atoms with Gasteiger partial charge in [0.25, 0.3) is 5.76 Å². The highest BCUT2D eigenvalue weighted by atomic mass is 79.9. The number of para-hydroxylation sites is 1. The van der Waals surface area contributed by atoms with Crippen molar-refractivity contribution in [3.63, 3.8) is 0 Å². The highest BCUT2D eigenvalue weighted by molar-refractivity contribution is 9.10. The number of halogens is 4. The van der Waals surface area contributed by atoms with Gasteiger partial charge in [-0.15, -0.1) is 0 Å². The number of carbonyl (C=O) groups excluding carboxylic acids is 1. The van der Waals surface area contributed by atoms with Gasteiger partial charge in [-0.1, -0.05) is 19.1 Å². The Morgan fingerprint density at radius 3 is 2.50 bits per heavy atom. The average molecular weight is 515 g/mol. The van der Waals surface area contributed by atoms with Gasteiger partial charge in [-0.05, 0) is 53.5 Å². The lowest BCUT2D eigenvalue weighted by Gasteiger charge is -2.17. The van der Waals surface area contributed by atoms with Crippen LogP contribution in [-0.4, -0.2) is 18.7 Å². The molecule has 10 heteroatoms. The van der Waals surface area contributed by atoms with Crippen LogP contribution in [0.25, 0.3) is 11.0 Å². The third-order valence-electron chi connectivity index (χ3n) is 4.33. The summed E-state index contributed by atoms with van der Waals surface area (Å²) in [4.78, 5) is 24.8. The summed E-state index contributed by atoms with van der Waals surface area (Å²) in [5.74, 6) is -3.11. The maximum absolute atomic E-state index is 13.7. The topological polar surface area (TPSA) is 75.0 Å². The van der Waals surface area contributed by atoms with Crippen molar-refractivity contribution in [2.45, 2.75) is 32.5 Å². The fourth-order valence-corrected chi connectivity index (χ4v) is 3.21. The minimum absolute atomic E-state index is 0.0184. The summed E-state index contributed by atoms with van der Waals surface area (Å²) < 4.78 is 62.3. The molecule has 1 atom stereocenters. The zero-order valence-electron chi connectivity index (χ0n) is 17.0. The second-order valence-corrected chi connectivity index (χ2v) is 7.40. The first-order valence-corrected chi connectivity index (χ1v) is 10.4. The average Bonchev–Trinajstić information content (AvgIpc) is 2.74. The Morgan fingerprint density at radius 2 is 1.88 bits per heavy atom. The molecule has 170 valence electrons. The molecular weight excluding hydrogens is 497 g/mol. The molecule has 1 aromatic heterocycles. The molecular formula is C22H18BrF3O6. The van der Waals surface area contributed by atoms with Crippen LogP contribution in [0.4, 0.5) is 13.2 Å². The molecule has 3 aromatic rings. The smallest absolute Gasteiger partial charge is 0.453 e. The summed E-state index contributed by atoms with van der Waals surface area (Å²) in [6, 6.07) is 9.89. The van der Waals surface area contributed by atoms with Crippen molar-refractivity contribution in [3.05, 3.63) is 62.9 Å². The largest absolute Gasteiger partial charge is 0.479 e. The minimum Gasteiger partial charge on any atom is -0.479 e. The Morgan fingerprint density at radius 1 is 1.16 bits per heavy atom. The lowest BCUT2D eigenvalue weighted by molar-refractivity contribution is -0.154. The Balaban J connectivity index is 2.08. The molecule has 0 unspecified atom stereocenters. The van der Waals surface area contributed by atoms with Crippen LogP contribution in [0.1, 0.15) is 26.0 Å². The third-order valence-corrected chi connectivity index (χ3v) is 4.98. The van der Waals surface area contributed by atoms with Crippen LogP contribution in [0.5, 0.6) is 17.2 Å². The van der Waals surface area contributed by atoms with Gasteiger partial charge < -0.3 is 18.6 Å². The van der Waals surface area contributed by atoms with Gasteiger partial charge in [-0.3, -0.25) is 4.79 Å². The Kier molecular flexibility index (Phi) is 7.12. The van der Waals surface area contributed by atoms with Crippen molar-refractivity contribution in [1.82, 2.24) is 0 Å². The summed E-state index contributed by atoms with van der Waals surface area (Å²) in [5.41, 5.74) is -1.36. The quantitative estimate of drug-likeness (QED) is 0.355. The van der Waals surface area contributed by atoms with Crippen molar-refractivity contribution in [2.75, 3.05) is 6.61 Å². The first-order chi connectivity index (χ1) is 15.2. The van der Waals surface area contributed by atoms with Gasteiger partial charge in [0.05, 0.1) is 16.5 Å². The number of carbonyl (C=O) groups is 1. The number of esters is 1. The van der Waals surface area contributed by atoms with Crippen LogP contribution < -0.4 is 14.9 Å². The zero-order chi connectivity index (χ0) is 23.5. The van der Waals surface area contributed by atoms with E-state index in [2.05, 4.69) is 15.9 Å². The van der Waals surface area contributed by atoms with E-state index in [-0.39, 0.29) is 35.5 Å². The van der Waals surface area contributed by atoms with Gasteiger partial charge in [0.2, 0.25) is 11.2 Å². The molecule has 0 N–H and O–H groups in total. The SMILES string of the molecule is CCOC(=O)[C@@H](CC)Oc1ccc2c(=O)c(Oc3ccccc3Br)c(C(F)(F)F)oc2c1. The Labute approximate surface area is 189 Å². The summed E-state index contributed by atoms with van der Waals surface area (Å²) in [7, 11) is 0. The van der Waals surface area contributed by atoms with Crippen LogP contribution in [0.2, 0.25) is 0 Å². The molecule has 0 aliphatic heterocycles. The standard InChI is InChI=1S/C22H18BrF3O6/c1-3-15(21(28)29-4-2)30-12-9-10-13-17(11-12)32-20(22(24,25)26)19(18(13)27)31-16-8-6-5-7-14(16)23/h5-11,15H,3-4H2,1-2H3/t15-/m1/s1. The predicted molar refractivity (Wildman–Crippen MR) is 113 cm³/mol. The van der Waals surface area contributed by atoms with Crippen molar-refractivity contribution < 1.29 is 36.6 Å². The van der Waals surface area contributed by atoms with E-state index >= 15 is 0 Å². The van der Waals surface area contributed by atoms with Gasteiger partial charge in [-0.2, -0.15) is 13.2 Å². The number of benzene rings is 2. The first-order valence-electron chi connectivity index (χ1n) is 9.59. The van der Waals surface area contributed by atoms with Gasteiger partial charge in [0.15, 0.2) is 6.10 Å². The maximum atomic E-state index is 13.7. The molecule has 0 fully saturated rings. The summed E-state index contributed by atoms with van der Waals surface area (Å²) in [6.07, 6.45) is -5.69. The summed E-state index contributed by atoms with van der Waals surface area (Å²) >= 11 is 3.17. The monoisotopic (exact) mass is 514 g/mol. The van der Waals surface area contributed by atoms with E-state index in [0.29, 0.717) is 4.47 Å². The van der Waals surface area contributed by atoms with E-state index in [9.17, 15) is 22.8 Å². The second-order valence-electron chi connectivity index (χ2n) is 6.54. The van der Waals surface area contributed by atoms with Crippen molar-refractivity contribution in [3.8, 4) is 17.2 Å². The van der Waals surface area contributed by atoms with Crippen LogP contribution >= 0.6 is 15.9 Å². The van der Waals surface area contributed by atoms with E-state index in [0.717, 1.165) is 6.07 Å². The molecule has 0 aliphatic rings. The predicted octanol–water partition coefficient (Wildman–Crippen LogP) is 6.09. The molecule has 0 amide bonds. The van der Waals surface area contributed by atoms with Gasteiger partial charge in [0.1, 0.15) is 17.1 Å². The fourth-order valence-electron chi connectivity index (χ4n) is 2.84. The summed E-state index contributed by atoms with van der Waals surface area (Å²) in [6.45, 7) is 3.48. The van der Waals surface area contributed by atoms with Crippen LogP contribution in [0, 0.1) is 0 Å². The molecule has 0 radical (unpaired) electrons.